The number of aromatic nitrogens is 2. The highest BCUT2D eigenvalue weighted by molar-refractivity contribution is 5.77. The molecule has 0 aliphatic rings. The Balaban J connectivity index is 2.00. The third-order valence-corrected chi connectivity index (χ3v) is 2.94. The number of fused-ring (bicyclic) bond motifs is 1. The van der Waals surface area contributed by atoms with Crippen molar-refractivity contribution in [3.05, 3.63) is 29.6 Å². The molecule has 0 saturated carbocycles. The third-order valence-electron chi connectivity index (χ3n) is 2.94. The van der Waals surface area contributed by atoms with E-state index in [1.807, 2.05) is 36.7 Å². The largest absolute Gasteiger partial charge is 0.367 e. The standard InChI is InChI=1S/C13H18N4O2/c1-9-15-11-6-10(4-5-12(11)17(9)3)7-19-8-13(18)16-14-2/h4-6,14H,7-8H2,1-3H3,(H,16,18). The molecular formula is C13H18N4O2. The number of hydrogen-bond acceptors (Lipinski definition) is 4. The average molecular weight is 262 g/mol. The summed E-state index contributed by atoms with van der Waals surface area (Å²) in [6, 6.07) is 5.99. The first-order chi connectivity index (χ1) is 9.11. The summed E-state index contributed by atoms with van der Waals surface area (Å²) in [6.45, 7) is 2.39. The molecule has 0 radical (unpaired) electrons. The highest BCUT2D eigenvalue weighted by Gasteiger charge is 2.05. The molecule has 0 spiro atoms. The van der Waals surface area contributed by atoms with Crippen LogP contribution in [-0.4, -0.2) is 29.1 Å². The van der Waals surface area contributed by atoms with Crippen molar-refractivity contribution < 1.29 is 9.53 Å². The minimum atomic E-state index is -0.197. The second kappa shape index (κ2) is 5.81. The number of imidazole rings is 1. The predicted molar refractivity (Wildman–Crippen MR) is 72.3 cm³/mol. The van der Waals surface area contributed by atoms with E-state index in [2.05, 4.69) is 15.8 Å². The Bertz CT molecular complexity index is 592. The SMILES string of the molecule is CNNC(=O)COCc1ccc2c(c1)nc(C)n2C. The molecule has 6 nitrogen and oxygen atoms in total. The Morgan fingerprint density at radius 1 is 1.47 bits per heavy atom. The van der Waals surface area contributed by atoms with E-state index in [1.165, 1.54) is 0 Å². The van der Waals surface area contributed by atoms with Gasteiger partial charge in [-0.15, -0.1) is 0 Å². The topological polar surface area (TPSA) is 68.2 Å². The molecule has 1 aromatic heterocycles. The summed E-state index contributed by atoms with van der Waals surface area (Å²) in [6.07, 6.45) is 0. The molecule has 0 bridgehead atoms. The fourth-order valence-electron chi connectivity index (χ4n) is 1.89. The maximum Gasteiger partial charge on any atom is 0.260 e. The molecule has 0 fully saturated rings. The number of hydrazine groups is 1. The zero-order valence-corrected chi connectivity index (χ0v) is 11.4. The summed E-state index contributed by atoms with van der Waals surface area (Å²) in [5.74, 6) is 0.777. The number of benzene rings is 1. The number of aryl methyl sites for hydroxylation is 2. The van der Waals surface area contributed by atoms with Crippen LogP contribution in [-0.2, 0) is 23.2 Å². The molecule has 0 unspecified atom stereocenters. The van der Waals surface area contributed by atoms with Gasteiger partial charge in [-0.25, -0.2) is 10.4 Å². The molecule has 1 heterocycles. The zero-order valence-electron chi connectivity index (χ0n) is 11.4. The van der Waals surface area contributed by atoms with Gasteiger partial charge in [-0.2, -0.15) is 0 Å². The Hall–Kier alpha value is -1.92. The maximum atomic E-state index is 11.2. The lowest BCUT2D eigenvalue weighted by atomic mass is 10.2. The van der Waals surface area contributed by atoms with E-state index < -0.39 is 0 Å². The highest BCUT2D eigenvalue weighted by atomic mass is 16.5. The second-order valence-corrected chi connectivity index (χ2v) is 4.33. The number of nitrogens with one attached hydrogen (secondary N) is 2. The molecule has 0 atom stereocenters. The molecule has 2 aromatic rings. The molecule has 1 amide bonds. The summed E-state index contributed by atoms with van der Waals surface area (Å²) in [5, 5.41) is 0. The van der Waals surface area contributed by atoms with Crippen molar-refractivity contribution in [2.24, 2.45) is 7.05 Å². The normalized spacial score (nSPS) is 10.9. The number of carbonyl (C=O) groups is 1. The molecule has 0 saturated heterocycles. The van der Waals surface area contributed by atoms with Gasteiger partial charge in [0.2, 0.25) is 0 Å². The van der Waals surface area contributed by atoms with Gasteiger partial charge in [0.05, 0.1) is 17.6 Å². The van der Waals surface area contributed by atoms with E-state index in [-0.39, 0.29) is 12.5 Å². The summed E-state index contributed by atoms with van der Waals surface area (Å²) >= 11 is 0. The van der Waals surface area contributed by atoms with Gasteiger partial charge in [0.15, 0.2) is 0 Å². The van der Waals surface area contributed by atoms with Gasteiger partial charge in [0.1, 0.15) is 12.4 Å². The molecular weight excluding hydrogens is 244 g/mol. The van der Waals surface area contributed by atoms with Crippen LogP contribution < -0.4 is 10.9 Å². The molecule has 2 N–H and O–H groups in total. The van der Waals surface area contributed by atoms with Crippen molar-refractivity contribution in [2.45, 2.75) is 13.5 Å². The van der Waals surface area contributed by atoms with Crippen molar-refractivity contribution in [2.75, 3.05) is 13.7 Å². The van der Waals surface area contributed by atoms with E-state index in [4.69, 9.17) is 4.74 Å². The second-order valence-electron chi connectivity index (χ2n) is 4.33. The Labute approximate surface area is 111 Å². The fourth-order valence-corrected chi connectivity index (χ4v) is 1.89. The van der Waals surface area contributed by atoms with Crippen molar-refractivity contribution in [3.63, 3.8) is 0 Å². The van der Waals surface area contributed by atoms with Crippen LogP contribution in [0, 0.1) is 6.92 Å². The van der Waals surface area contributed by atoms with E-state index >= 15 is 0 Å². The number of hydrogen-bond donors (Lipinski definition) is 2. The van der Waals surface area contributed by atoms with Gasteiger partial charge in [-0.1, -0.05) is 6.07 Å². The van der Waals surface area contributed by atoms with E-state index in [1.54, 1.807) is 7.05 Å². The maximum absolute atomic E-state index is 11.2. The fraction of sp³-hybridized carbons (Fsp3) is 0.385. The summed E-state index contributed by atoms with van der Waals surface area (Å²) in [5.41, 5.74) is 8.04. The van der Waals surface area contributed by atoms with Crippen LogP contribution in [0.15, 0.2) is 18.2 Å². The van der Waals surface area contributed by atoms with E-state index in [0.29, 0.717) is 6.61 Å². The van der Waals surface area contributed by atoms with Crippen LogP contribution in [0.1, 0.15) is 11.4 Å². The van der Waals surface area contributed by atoms with Gasteiger partial charge < -0.3 is 9.30 Å². The van der Waals surface area contributed by atoms with Crippen LogP contribution in [0.4, 0.5) is 0 Å². The Morgan fingerprint density at radius 3 is 3.00 bits per heavy atom. The lowest BCUT2D eigenvalue weighted by Crippen LogP contribution is -2.36. The first kappa shape index (κ1) is 13.5. The molecule has 0 aliphatic heterocycles. The zero-order chi connectivity index (χ0) is 13.8. The number of carbonyl (C=O) groups excluding carboxylic acids is 1. The monoisotopic (exact) mass is 262 g/mol. The van der Waals surface area contributed by atoms with Gasteiger partial charge in [-0.3, -0.25) is 10.2 Å². The van der Waals surface area contributed by atoms with Crippen LogP contribution >= 0.6 is 0 Å². The Morgan fingerprint density at radius 2 is 2.26 bits per heavy atom. The Kier molecular flexibility index (Phi) is 4.13. The summed E-state index contributed by atoms with van der Waals surface area (Å²) in [7, 11) is 3.62. The molecule has 102 valence electrons. The lowest BCUT2D eigenvalue weighted by Gasteiger charge is -2.05. The first-order valence-electron chi connectivity index (χ1n) is 6.07. The van der Waals surface area contributed by atoms with Crippen LogP contribution in [0.25, 0.3) is 11.0 Å². The van der Waals surface area contributed by atoms with E-state index in [9.17, 15) is 4.79 Å². The first-order valence-corrected chi connectivity index (χ1v) is 6.07. The van der Waals surface area contributed by atoms with Gasteiger partial charge in [0.25, 0.3) is 5.91 Å². The molecule has 2 rings (SSSR count). The number of amides is 1. The van der Waals surface area contributed by atoms with Crippen molar-refractivity contribution in [1.82, 2.24) is 20.4 Å². The predicted octanol–water partition coefficient (Wildman–Crippen LogP) is 0.649. The van der Waals surface area contributed by atoms with Crippen LogP contribution in [0.5, 0.6) is 0 Å². The minimum Gasteiger partial charge on any atom is -0.367 e. The quantitative estimate of drug-likeness (QED) is 0.776. The van der Waals surface area contributed by atoms with Gasteiger partial charge >= 0.3 is 0 Å². The number of nitrogens with zero attached hydrogens (tertiary/aromatic N) is 2. The number of ether oxygens (including phenoxy) is 1. The molecule has 6 heteroatoms. The molecule has 0 aliphatic carbocycles. The smallest absolute Gasteiger partial charge is 0.260 e. The van der Waals surface area contributed by atoms with Crippen molar-refractivity contribution in [3.8, 4) is 0 Å². The third kappa shape index (κ3) is 3.10. The summed E-state index contributed by atoms with van der Waals surface area (Å²) in [4.78, 5) is 15.6. The average Bonchev–Trinajstić information content (AvgIpc) is 2.65. The van der Waals surface area contributed by atoms with Crippen molar-refractivity contribution in [1.29, 1.82) is 0 Å². The summed E-state index contributed by atoms with van der Waals surface area (Å²) < 4.78 is 7.38. The van der Waals surface area contributed by atoms with Crippen LogP contribution in [0.2, 0.25) is 0 Å². The van der Waals surface area contributed by atoms with Crippen LogP contribution in [0.3, 0.4) is 0 Å². The highest BCUT2D eigenvalue weighted by Crippen LogP contribution is 2.16. The molecule has 1 aromatic carbocycles. The number of rotatable bonds is 5. The lowest BCUT2D eigenvalue weighted by molar-refractivity contribution is -0.126. The van der Waals surface area contributed by atoms with E-state index in [0.717, 1.165) is 22.4 Å². The molecule has 19 heavy (non-hydrogen) atoms. The minimum absolute atomic E-state index is 0.0279. The van der Waals surface area contributed by atoms with Crippen molar-refractivity contribution >= 4 is 16.9 Å². The van der Waals surface area contributed by atoms with Gasteiger partial charge in [0, 0.05) is 14.1 Å². The van der Waals surface area contributed by atoms with Gasteiger partial charge in [-0.05, 0) is 24.6 Å².